The topological polar surface area (TPSA) is 96.1 Å². The van der Waals surface area contributed by atoms with E-state index in [0.29, 0.717) is 5.92 Å². The first kappa shape index (κ1) is 14.0. The number of nitrogens with two attached hydrogens (primary N) is 1. The average molecular weight is 269 g/mol. The number of nitrogens with one attached hydrogen (secondary N) is 2. The zero-order valence-electron chi connectivity index (χ0n) is 11.0. The molecule has 1 fully saturated rings. The maximum Gasteiger partial charge on any atom is 0.239 e. The Morgan fingerprint density at radius 1 is 1.53 bits per heavy atom. The minimum absolute atomic E-state index is 0.0509. The normalized spacial score (nSPS) is 27.1. The fourth-order valence-corrected chi connectivity index (χ4v) is 2.29. The summed E-state index contributed by atoms with van der Waals surface area (Å²) in [4.78, 5) is 7.53. The minimum atomic E-state index is -0.791. The largest absolute Gasteiger partial charge is 0.388 e. The summed E-state index contributed by atoms with van der Waals surface area (Å²) < 4.78 is 13.5. The number of anilines is 2. The molecule has 1 heterocycles. The van der Waals surface area contributed by atoms with E-state index in [0.717, 1.165) is 31.9 Å². The summed E-state index contributed by atoms with van der Waals surface area (Å²) >= 11 is 0. The molecule has 0 spiro atoms. The second kappa shape index (κ2) is 5.66. The van der Waals surface area contributed by atoms with Gasteiger partial charge in [0, 0.05) is 6.54 Å². The molecule has 1 aliphatic carbocycles. The molecule has 1 aliphatic rings. The van der Waals surface area contributed by atoms with Gasteiger partial charge in [0.2, 0.25) is 5.95 Å². The highest BCUT2D eigenvalue weighted by molar-refractivity contribution is 5.40. The molecule has 1 aromatic heterocycles. The van der Waals surface area contributed by atoms with Crippen LogP contribution in [-0.2, 0) is 0 Å². The molecule has 2 rings (SSSR count). The van der Waals surface area contributed by atoms with Crippen LogP contribution >= 0.6 is 0 Å². The summed E-state index contributed by atoms with van der Waals surface area (Å²) in [7, 11) is 0. The second-order valence-corrected chi connectivity index (χ2v) is 5.29. The Bertz CT molecular complexity index is 434. The van der Waals surface area contributed by atoms with Crippen LogP contribution in [0.25, 0.3) is 0 Å². The van der Waals surface area contributed by atoms with E-state index in [1.54, 1.807) is 0 Å². The first-order chi connectivity index (χ1) is 9.02. The lowest BCUT2D eigenvalue weighted by molar-refractivity contribution is 0.00490. The van der Waals surface area contributed by atoms with E-state index in [2.05, 4.69) is 27.6 Å². The number of hydrazine groups is 1. The van der Waals surface area contributed by atoms with Crippen LogP contribution < -0.4 is 16.6 Å². The number of rotatable bonds is 4. The molecule has 1 aromatic rings. The predicted molar refractivity (Wildman–Crippen MR) is 70.9 cm³/mol. The van der Waals surface area contributed by atoms with Crippen molar-refractivity contribution < 1.29 is 9.50 Å². The summed E-state index contributed by atoms with van der Waals surface area (Å²) in [6.07, 6.45) is 4.45. The van der Waals surface area contributed by atoms with Gasteiger partial charge in [-0.1, -0.05) is 6.92 Å². The van der Waals surface area contributed by atoms with Crippen molar-refractivity contribution >= 4 is 11.8 Å². The predicted octanol–water partition coefficient (Wildman–Crippen LogP) is 1.25. The highest BCUT2D eigenvalue weighted by Gasteiger charge is 2.31. The van der Waals surface area contributed by atoms with Gasteiger partial charge in [-0.25, -0.2) is 15.2 Å². The smallest absolute Gasteiger partial charge is 0.239 e. The number of hydrogen-bond donors (Lipinski definition) is 4. The summed E-state index contributed by atoms with van der Waals surface area (Å²) in [5.41, 5.74) is 1.46. The van der Waals surface area contributed by atoms with Crippen molar-refractivity contribution in [3.63, 3.8) is 0 Å². The molecule has 0 aromatic carbocycles. The van der Waals surface area contributed by atoms with Gasteiger partial charge < -0.3 is 10.4 Å². The quantitative estimate of drug-likeness (QED) is 0.485. The van der Waals surface area contributed by atoms with Crippen LogP contribution in [0.4, 0.5) is 16.2 Å². The first-order valence-electron chi connectivity index (χ1n) is 6.48. The van der Waals surface area contributed by atoms with Crippen LogP contribution in [0.2, 0.25) is 0 Å². The molecule has 0 atom stereocenters. The van der Waals surface area contributed by atoms with Gasteiger partial charge in [0.25, 0.3) is 0 Å². The Balaban J connectivity index is 1.98. The first-order valence-corrected chi connectivity index (χ1v) is 6.48. The Hall–Kier alpha value is -1.47. The Kier molecular flexibility index (Phi) is 4.16. The highest BCUT2D eigenvalue weighted by Crippen LogP contribution is 2.32. The zero-order chi connectivity index (χ0) is 13.9. The monoisotopic (exact) mass is 269 g/mol. The van der Waals surface area contributed by atoms with Gasteiger partial charge in [0.15, 0.2) is 11.6 Å². The van der Waals surface area contributed by atoms with E-state index in [1.807, 2.05) is 0 Å². The SMILES string of the molecule is CC1CCC(O)(CNc2nc(NN)ncc2F)CC1. The molecule has 6 nitrogen and oxygen atoms in total. The van der Waals surface area contributed by atoms with E-state index in [1.165, 1.54) is 0 Å². The standard InChI is InChI=1S/C12H20FN5O/c1-8-2-4-12(19,5-3-8)7-16-10-9(13)6-15-11(17-10)18-14/h6,8,19H,2-5,7,14H2,1H3,(H2,15,16,17,18). The fourth-order valence-electron chi connectivity index (χ4n) is 2.29. The summed E-state index contributed by atoms with van der Waals surface area (Å²) in [5.74, 6) is 5.44. The molecular weight excluding hydrogens is 249 g/mol. The van der Waals surface area contributed by atoms with Gasteiger partial charge in [-0.3, -0.25) is 5.43 Å². The van der Waals surface area contributed by atoms with E-state index < -0.39 is 11.4 Å². The van der Waals surface area contributed by atoms with Crippen molar-refractivity contribution in [1.29, 1.82) is 0 Å². The lowest BCUT2D eigenvalue weighted by Crippen LogP contribution is -2.40. The average Bonchev–Trinajstić information content (AvgIpc) is 2.42. The van der Waals surface area contributed by atoms with Gasteiger partial charge >= 0.3 is 0 Å². The van der Waals surface area contributed by atoms with E-state index in [9.17, 15) is 9.50 Å². The summed E-state index contributed by atoms with van der Waals surface area (Å²) in [5, 5.41) is 13.2. The molecule has 19 heavy (non-hydrogen) atoms. The van der Waals surface area contributed by atoms with Crippen molar-refractivity contribution in [2.45, 2.75) is 38.2 Å². The van der Waals surface area contributed by atoms with E-state index in [4.69, 9.17) is 5.84 Å². The van der Waals surface area contributed by atoms with Gasteiger partial charge in [0.1, 0.15) is 0 Å². The third-order valence-corrected chi connectivity index (χ3v) is 3.66. The van der Waals surface area contributed by atoms with Crippen molar-refractivity contribution in [1.82, 2.24) is 9.97 Å². The van der Waals surface area contributed by atoms with Crippen LogP contribution in [0, 0.1) is 11.7 Å². The number of aromatic nitrogens is 2. The van der Waals surface area contributed by atoms with Crippen LogP contribution in [0.15, 0.2) is 6.20 Å². The summed E-state index contributed by atoms with van der Waals surface area (Å²) in [6.45, 7) is 2.45. The lowest BCUT2D eigenvalue weighted by atomic mass is 9.79. The van der Waals surface area contributed by atoms with Crippen molar-refractivity contribution in [3.8, 4) is 0 Å². The van der Waals surface area contributed by atoms with Crippen LogP contribution in [0.3, 0.4) is 0 Å². The molecular formula is C12H20FN5O. The van der Waals surface area contributed by atoms with Crippen LogP contribution in [-0.4, -0.2) is 27.2 Å². The van der Waals surface area contributed by atoms with Gasteiger partial charge in [-0.2, -0.15) is 4.98 Å². The maximum absolute atomic E-state index is 13.5. The number of halogens is 1. The number of nitrogens with zero attached hydrogens (tertiary/aromatic N) is 2. The van der Waals surface area contributed by atoms with Gasteiger partial charge in [-0.05, 0) is 31.6 Å². The molecule has 106 valence electrons. The molecule has 0 bridgehead atoms. The minimum Gasteiger partial charge on any atom is -0.388 e. The van der Waals surface area contributed by atoms with E-state index >= 15 is 0 Å². The lowest BCUT2D eigenvalue weighted by Gasteiger charge is -2.35. The van der Waals surface area contributed by atoms with Crippen LogP contribution in [0.5, 0.6) is 0 Å². The van der Waals surface area contributed by atoms with Crippen molar-refractivity contribution in [3.05, 3.63) is 12.0 Å². The number of nitrogen functional groups attached to an aromatic ring is 1. The molecule has 0 radical (unpaired) electrons. The molecule has 0 unspecified atom stereocenters. The molecule has 0 aliphatic heterocycles. The summed E-state index contributed by atoms with van der Waals surface area (Å²) in [6, 6.07) is 0. The van der Waals surface area contributed by atoms with Crippen molar-refractivity contribution in [2.75, 3.05) is 17.3 Å². The Morgan fingerprint density at radius 2 is 2.21 bits per heavy atom. The molecule has 0 amide bonds. The third kappa shape index (κ3) is 3.51. The number of hydrogen-bond acceptors (Lipinski definition) is 6. The van der Waals surface area contributed by atoms with Crippen LogP contribution in [0.1, 0.15) is 32.6 Å². The molecule has 5 N–H and O–H groups in total. The highest BCUT2D eigenvalue weighted by atomic mass is 19.1. The Labute approximate surface area is 111 Å². The van der Waals surface area contributed by atoms with Gasteiger partial charge in [-0.15, -0.1) is 0 Å². The zero-order valence-corrected chi connectivity index (χ0v) is 11.0. The molecule has 0 saturated heterocycles. The van der Waals surface area contributed by atoms with Crippen molar-refractivity contribution in [2.24, 2.45) is 11.8 Å². The number of aliphatic hydroxyl groups is 1. The van der Waals surface area contributed by atoms with Gasteiger partial charge in [0.05, 0.1) is 11.8 Å². The molecule has 7 heteroatoms. The fraction of sp³-hybridized carbons (Fsp3) is 0.667. The third-order valence-electron chi connectivity index (χ3n) is 3.66. The Morgan fingerprint density at radius 3 is 2.84 bits per heavy atom. The second-order valence-electron chi connectivity index (χ2n) is 5.29. The molecule has 1 saturated carbocycles. The maximum atomic E-state index is 13.5. The van der Waals surface area contributed by atoms with E-state index in [-0.39, 0.29) is 18.3 Å².